The van der Waals surface area contributed by atoms with Gasteiger partial charge in [0, 0.05) is 30.8 Å². The number of anilines is 1. The molecule has 1 atom stereocenters. The predicted octanol–water partition coefficient (Wildman–Crippen LogP) is 2.32. The number of piperidine rings is 1. The van der Waals surface area contributed by atoms with Crippen LogP contribution in [0.3, 0.4) is 0 Å². The van der Waals surface area contributed by atoms with E-state index in [1.165, 1.54) is 12.1 Å². The summed E-state index contributed by atoms with van der Waals surface area (Å²) in [6.07, 6.45) is 1.71. The van der Waals surface area contributed by atoms with Gasteiger partial charge in [0.15, 0.2) is 0 Å². The summed E-state index contributed by atoms with van der Waals surface area (Å²) in [6, 6.07) is 5.84. The lowest BCUT2D eigenvalue weighted by atomic mass is 9.91. The number of rotatable bonds is 4. The van der Waals surface area contributed by atoms with Gasteiger partial charge in [-0.3, -0.25) is 19.7 Å². The molecular weight excluding hydrogens is 260 g/mol. The zero-order chi connectivity index (χ0) is 14.7. The van der Waals surface area contributed by atoms with Crippen molar-refractivity contribution in [2.75, 3.05) is 11.4 Å². The molecule has 0 bridgehead atoms. The van der Waals surface area contributed by atoms with Gasteiger partial charge < -0.3 is 4.90 Å². The van der Waals surface area contributed by atoms with Gasteiger partial charge in [-0.15, -0.1) is 0 Å². The molecule has 0 unspecified atom stereocenters. The molecule has 6 nitrogen and oxygen atoms in total. The standard InChI is InChI=1S/C14H16N2O4/c1-2-13(17)12-4-3-9-15(14(12)18)10-5-7-11(8-6-10)16(19)20/h5-8,12H,2-4,9H2,1H3/t12-/m0/s1. The number of non-ortho nitro benzene ring substituents is 1. The van der Waals surface area contributed by atoms with Crippen LogP contribution in [0.25, 0.3) is 0 Å². The topological polar surface area (TPSA) is 80.5 Å². The molecule has 0 aliphatic carbocycles. The Morgan fingerprint density at radius 3 is 2.60 bits per heavy atom. The van der Waals surface area contributed by atoms with Gasteiger partial charge in [-0.05, 0) is 25.0 Å². The number of carbonyl (C=O) groups is 2. The van der Waals surface area contributed by atoms with E-state index < -0.39 is 10.8 Å². The van der Waals surface area contributed by atoms with Crippen molar-refractivity contribution in [3.05, 3.63) is 34.4 Å². The second-order valence-electron chi connectivity index (χ2n) is 4.78. The molecule has 0 radical (unpaired) electrons. The average Bonchev–Trinajstić information content (AvgIpc) is 2.47. The number of benzene rings is 1. The van der Waals surface area contributed by atoms with Crippen LogP contribution in [0.15, 0.2) is 24.3 Å². The summed E-state index contributed by atoms with van der Waals surface area (Å²) in [5.41, 5.74) is 0.591. The molecule has 1 saturated heterocycles. The van der Waals surface area contributed by atoms with Crippen LogP contribution < -0.4 is 4.90 Å². The molecule has 1 aromatic rings. The first-order valence-electron chi connectivity index (χ1n) is 6.63. The number of nitro groups is 1. The summed E-state index contributed by atoms with van der Waals surface area (Å²) in [6.45, 7) is 2.30. The molecule has 0 N–H and O–H groups in total. The Hall–Kier alpha value is -2.24. The normalized spacial score (nSPS) is 18.9. The van der Waals surface area contributed by atoms with E-state index in [1.807, 2.05) is 0 Å². The lowest BCUT2D eigenvalue weighted by Crippen LogP contribution is -2.44. The monoisotopic (exact) mass is 276 g/mol. The van der Waals surface area contributed by atoms with E-state index in [1.54, 1.807) is 24.0 Å². The molecule has 2 rings (SSSR count). The van der Waals surface area contributed by atoms with Crippen LogP contribution in [0.1, 0.15) is 26.2 Å². The van der Waals surface area contributed by atoms with Gasteiger partial charge in [-0.2, -0.15) is 0 Å². The Kier molecular flexibility index (Phi) is 4.12. The molecule has 1 aliphatic heterocycles. The van der Waals surface area contributed by atoms with E-state index in [0.717, 1.165) is 6.42 Å². The summed E-state index contributed by atoms with van der Waals surface area (Å²) < 4.78 is 0. The summed E-state index contributed by atoms with van der Waals surface area (Å²) in [5, 5.41) is 10.6. The number of carbonyl (C=O) groups excluding carboxylic acids is 2. The van der Waals surface area contributed by atoms with Crippen LogP contribution in [0.2, 0.25) is 0 Å². The number of nitro benzene ring substituents is 1. The molecule has 106 valence electrons. The minimum absolute atomic E-state index is 0.0145. The van der Waals surface area contributed by atoms with Crippen molar-refractivity contribution in [1.29, 1.82) is 0 Å². The molecule has 0 aromatic heterocycles. The van der Waals surface area contributed by atoms with Gasteiger partial charge in [-0.1, -0.05) is 6.92 Å². The molecule has 6 heteroatoms. The third-order valence-corrected chi connectivity index (χ3v) is 3.55. The van der Waals surface area contributed by atoms with Gasteiger partial charge in [-0.25, -0.2) is 0 Å². The largest absolute Gasteiger partial charge is 0.312 e. The Morgan fingerprint density at radius 2 is 2.05 bits per heavy atom. The number of nitrogens with zero attached hydrogens (tertiary/aromatic N) is 2. The van der Waals surface area contributed by atoms with E-state index in [-0.39, 0.29) is 17.4 Å². The zero-order valence-corrected chi connectivity index (χ0v) is 11.2. The van der Waals surface area contributed by atoms with Gasteiger partial charge in [0.25, 0.3) is 5.69 Å². The molecule has 0 spiro atoms. The van der Waals surface area contributed by atoms with E-state index >= 15 is 0 Å². The number of hydrogen-bond donors (Lipinski definition) is 0. The third-order valence-electron chi connectivity index (χ3n) is 3.55. The highest BCUT2D eigenvalue weighted by molar-refractivity contribution is 6.08. The Morgan fingerprint density at radius 1 is 1.40 bits per heavy atom. The molecular formula is C14H16N2O4. The molecule has 1 heterocycles. The SMILES string of the molecule is CCC(=O)[C@@H]1CCCN(c2ccc([N+](=O)[O-])cc2)C1=O. The first-order chi connectivity index (χ1) is 9.54. The van der Waals surface area contributed by atoms with Crippen molar-refractivity contribution >= 4 is 23.1 Å². The van der Waals surface area contributed by atoms with Gasteiger partial charge in [0.1, 0.15) is 5.78 Å². The van der Waals surface area contributed by atoms with Crippen molar-refractivity contribution in [3.63, 3.8) is 0 Å². The minimum atomic E-state index is -0.566. The quantitative estimate of drug-likeness (QED) is 0.480. The molecule has 1 amide bonds. The van der Waals surface area contributed by atoms with E-state index in [9.17, 15) is 19.7 Å². The fraction of sp³-hybridized carbons (Fsp3) is 0.429. The first kappa shape index (κ1) is 14.2. The van der Waals surface area contributed by atoms with Crippen molar-refractivity contribution in [1.82, 2.24) is 0 Å². The van der Waals surface area contributed by atoms with Gasteiger partial charge in [0.2, 0.25) is 5.91 Å². The Bertz CT molecular complexity index is 539. The molecule has 1 aliphatic rings. The van der Waals surface area contributed by atoms with Crippen molar-refractivity contribution < 1.29 is 14.5 Å². The fourth-order valence-electron chi connectivity index (χ4n) is 2.43. The molecule has 20 heavy (non-hydrogen) atoms. The highest BCUT2D eigenvalue weighted by Crippen LogP contribution is 2.27. The van der Waals surface area contributed by atoms with Gasteiger partial charge in [0.05, 0.1) is 10.8 Å². The van der Waals surface area contributed by atoms with E-state index in [2.05, 4.69) is 0 Å². The highest BCUT2D eigenvalue weighted by atomic mass is 16.6. The van der Waals surface area contributed by atoms with Crippen LogP contribution in [0.4, 0.5) is 11.4 Å². The predicted molar refractivity (Wildman–Crippen MR) is 73.5 cm³/mol. The zero-order valence-electron chi connectivity index (χ0n) is 11.2. The number of Topliss-reactive ketones (excluding diaryl/α,β-unsaturated/α-hetero) is 1. The maximum Gasteiger partial charge on any atom is 0.269 e. The maximum atomic E-state index is 12.3. The van der Waals surface area contributed by atoms with Crippen LogP contribution in [0.5, 0.6) is 0 Å². The van der Waals surface area contributed by atoms with Crippen LogP contribution in [0, 0.1) is 16.0 Å². The van der Waals surface area contributed by atoms with E-state index in [0.29, 0.717) is 25.1 Å². The smallest absolute Gasteiger partial charge is 0.269 e. The summed E-state index contributed by atoms with van der Waals surface area (Å²) in [4.78, 5) is 35.8. The second-order valence-corrected chi connectivity index (χ2v) is 4.78. The lowest BCUT2D eigenvalue weighted by molar-refractivity contribution is -0.384. The van der Waals surface area contributed by atoms with Crippen LogP contribution >= 0.6 is 0 Å². The van der Waals surface area contributed by atoms with Gasteiger partial charge >= 0.3 is 0 Å². The third kappa shape index (κ3) is 2.68. The number of ketones is 1. The summed E-state index contributed by atoms with van der Waals surface area (Å²) >= 11 is 0. The van der Waals surface area contributed by atoms with E-state index in [4.69, 9.17) is 0 Å². The summed E-state index contributed by atoms with van der Waals surface area (Å²) in [5.74, 6) is -0.803. The Balaban J connectivity index is 2.21. The molecule has 0 saturated carbocycles. The van der Waals surface area contributed by atoms with Crippen molar-refractivity contribution in [3.8, 4) is 0 Å². The van der Waals surface area contributed by atoms with Crippen LogP contribution in [-0.4, -0.2) is 23.2 Å². The van der Waals surface area contributed by atoms with Crippen molar-refractivity contribution in [2.24, 2.45) is 5.92 Å². The molecule has 1 fully saturated rings. The number of amides is 1. The fourth-order valence-corrected chi connectivity index (χ4v) is 2.43. The number of hydrogen-bond acceptors (Lipinski definition) is 4. The summed E-state index contributed by atoms with van der Waals surface area (Å²) in [7, 11) is 0. The highest BCUT2D eigenvalue weighted by Gasteiger charge is 2.33. The minimum Gasteiger partial charge on any atom is -0.312 e. The molecule has 1 aromatic carbocycles. The second kappa shape index (κ2) is 5.81. The average molecular weight is 276 g/mol. The first-order valence-corrected chi connectivity index (χ1v) is 6.63. The maximum absolute atomic E-state index is 12.3. The lowest BCUT2D eigenvalue weighted by Gasteiger charge is -2.31. The Labute approximate surface area is 116 Å². The van der Waals surface area contributed by atoms with Crippen molar-refractivity contribution in [2.45, 2.75) is 26.2 Å². The van der Waals surface area contributed by atoms with Crippen LogP contribution in [-0.2, 0) is 9.59 Å².